The van der Waals surface area contributed by atoms with Crippen molar-refractivity contribution in [2.45, 2.75) is 16.3 Å². The number of ether oxygens (including phenoxy) is 2. The summed E-state index contributed by atoms with van der Waals surface area (Å²) < 4.78 is 8.32. The van der Waals surface area contributed by atoms with E-state index < -0.39 is 15.8 Å². The molecule has 20 heavy (non-hydrogen) atoms. The van der Waals surface area contributed by atoms with Crippen molar-refractivity contribution in [1.29, 1.82) is 0 Å². The fraction of sp³-hybridized carbons (Fsp3) is 0.417. The Bertz CT molecular complexity index is 476. The standard InChI is InChI=1S/C12H13Cl4NO3/c1-19-10-7(3-2-4-8(10)13)5-9(17)11(18)20-6-12(14,15)16/h2-4,9H,5-6,17H2,1H3/t9-/m1/s1. The number of esters is 1. The third-order valence-corrected chi connectivity index (χ3v) is 3.00. The van der Waals surface area contributed by atoms with Crippen LogP contribution in [0.15, 0.2) is 18.2 Å². The summed E-state index contributed by atoms with van der Waals surface area (Å²) in [7, 11) is 1.48. The molecular formula is C12H13Cl4NO3. The molecule has 0 saturated heterocycles. The normalized spacial score (nSPS) is 12.9. The molecule has 0 heterocycles. The number of carbonyl (C=O) groups excluding carboxylic acids is 1. The second-order valence-corrected chi connectivity index (χ2v) is 6.89. The Labute approximate surface area is 137 Å². The van der Waals surface area contributed by atoms with Crippen molar-refractivity contribution in [3.63, 3.8) is 0 Å². The number of halogens is 4. The Hall–Kier alpha value is -0.390. The van der Waals surface area contributed by atoms with Gasteiger partial charge in [0, 0.05) is 6.42 Å². The maximum absolute atomic E-state index is 11.7. The van der Waals surface area contributed by atoms with Gasteiger partial charge in [0.1, 0.15) is 18.4 Å². The predicted molar refractivity (Wildman–Crippen MR) is 80.9 cm³/mol. The molecule has 0 aliphatic carbocycles. The lowest BCUT2D eigenvalue weighted by atomic mass is 10.1. The van der Waals surface area contributed by atoms with Gasteiger partial charge in [0.2, 0.25) is 3.79 Å². The fourth-order valence-corrected chi connectivity index (χ4v) is 1.96. The van der Waals surface area contributed by atoms with Crippen molar-refractivity contribution in [3.8, 4) is 5.75 Å². The first-order valence-electron chi connectivity index (χ1n) is 5.55. The highest BCUT2D eigenvalue weighted by molar-refractivity contribution is 6.67. The third kappa shape index (κ3) is 5.54. The monoisotopic (exact) mass is 359 g/mol. The molecule has 1 aromatic carbocycles. The molecule has 0 saturated carbocycles. The summed E-state index contributed by atoms with van der Waals surface area (Å²) in [5.41, 5.74) is 6.44. The largest absolute Gasteiger partial charge is 0.495 e. The first-order chi connectivity index (χ1) is 9.24. The van der Waals surface area contributed by atoms with Gasteiger partial charge in [-0.1, -0.05) is 58.5 Å². The SMILES string of the molecule is COc1c(Cl)cccc1C[C@@H](N)C(=O)OCC(Cl)(Cl)Cl. The van der Waals surface area contributed by atoms with Crippen molar-refractivity contribution in [1.82, 2.24) is 0 Å². The second-order valence-electron chi connectivity index (χ2n) is 3.97. The van der Waals surface area contributed by atoms with Gasteiger partial charge in [-0.3, -0.25) is 4.79 Å². The van der Waals surface area contributed by atoms with E-state index in [1.807, 2.05) is 0 Å². The number of hydrogen-bond acceptors (Lipinski definition) is 4. The Morgan fingerprint density at radius 1 is 1.40 bits per heavy atom. The quantitative estimate of drug-likeness (QED) is 0.647. The molecule has 0 aromatic heterocycles. The molecule has 0 amide bonds. The maximum Gasteiger partial charge on any atom is 0.323 e. The highest BCUT2D eigenvalue weighted by Crippen LogP contribution is 2.29. The lowest BCUT2D eigenvalue weighted by Crippen LogP contribution is -2.36. The summed E-state index contributed by atoms with van der Waals surface area (Å²) in [6.07, 6.45) is 0.197. The average Bonchev–Trinajstić information content (AvgIpc) is 2.35. The van der Waals surface area contributed by atoms with E-state index in [1.165, 1.54) is 7.11 Å². The lowest BCUT2D eigenvalue weighted by molar-refractivity contribution is -0.145. The van der Waals surface area contributed by atoms with Crippen LogP contribution in [-0.4, -0.2) is 29.5 Å². The Balaban J connectivity index is 2.69. The first-order valence-corrected chi connectivity index (χ1v) is 7.06. The van der Waals surface area contributed by atoms with E-state index in [-0.39, 0.29) is 13.0 Å². The molecule has 112 valence electrons. The predicted octanol–water partition coefficient (Wildman–Crippen LogP) is 3.13. The second kappa shape index (κ2) is 7.57. The zero-order chi connectivity index (χ0) is 15.3. The highest BCUT2D eigenvalue weighted by atomic mass is 35.6. The topological polar surface area (TPSA) is 61.5 Å². The number of nitrogens with two attached hydrogens (primary N) is 1. The van der Waals surface area contributed by atoms with Crippen LogP contribution in [-0.2, 0) is 16.0 Å². The van der Waals surface area contributed by atoms with Crippen molar-refractivity contribution in [3.05, 3.63) is 28.8 Å². The number of alkyl halides is 3. The van der Waals surface area contributed by atoms with Gasteiger partial charge in [-0.15, -0.1) is 0 Å². The van der Waals surface area contributed by atoms with E-state index in [4.69, 9.17) is 61.6 Å². The molecule has 0 radical (unpaired) electrons. The number of rotatable bonds is 5. The summed E-state index contributed by atoms with van der Waals surface area (Å²) in [6, 6.07) is 4.26. The van der Waals surface area contributed by atoms with Crippen LogP contribution in [0.5, 0.6) is 5.75 Å². The Kier molecular flexibility index (Phi) is 6.69. The lowest BCUT2D eigenvalue weighted by Gasteiger charge is -2.16. The minimum absolute atomic E-state index is 0.197. The van der Waals surface area contributed by atoms with Gasteiger partial charge in [-0.05, 0) is 11.6 Å². The van der Waals surface area contributed by atoms with Gasteiger partial charge in [0.25, 0.3) is 0 Å². The summed E-state index contributed by atoms with van der Waals surface area (Å²) in [5, 5.41) is 0.437. The molecule has 0 fully saturated rings. The number of carbonyl (C=O) groups is 1. The van der Waals surface area contributed by atoms with Crippen LogP contribution < -0.4 is 10.5 Å². The van der Waals surface area contributed by atoms with E-state index in [2.05, 4.69) is 0 Å². The van der Waals surface area contributed by atoms with Crippen LogP contribution in [0, 0.1) is 0 Å². The van der Waals surface area contributed by atoms with E-state index >= 15 is 0 Å². The summed E-state index contributed by atoms with van der Waals surface area (Å²) in [4.78, 5) is 11.7. The molecule has 1 atom stereocenters. The summed E-state index contributed by atoms with van der Waals surface area (Å²) >= 11 is 22.4. The van der Waals surface area contributed by atoms with Crippen LogP contribution in [0.1, 0.15) is 5.56 Å². The van der Waals surface area contributed by atoms with Crippen LogP contribution in [0.3, 0.4) is 0 Å². The summed E-state index contributed by atoms with van der Waals surface area (Å²) in [5.74, 6) is -0.197. The van der Waals surface area contributed by atoms with Crippen LogP contribution in [0.2, 0.25) is 5.02 Å². The zero-order valence-electron chi connectivity index (χ0n) is 10.5. The van der Waals surface area contributed by atoms with Crippen LogP contribution in [0.4, 0.5) is 0 Å². The smallest absolute Gasteiger partial charge is 0.323 e. The maximum atomic E-state index is 11.7. The zero-order valence-corrected chi connectivity index (χ0v) is 13.6. The van der Waals surface area contributed by atoms with Gasteiger partial charge in [-0.2, -0.15) is 0 Å². The molecule has 1 aromatic rings. The third-order valence-electron chi connectivity index (χ3n) is 2.37. The average molecular weight is 361 g/mol. The van der Waals surface area contributed by atoms with Gasteiger partial charge < -0.3 is 15.2 Å². The van der Waals surface area contributed by atoms with E-state index in [1.54, 1.807) is 18.2 Å². The highest BCUT2D eigenvalue weighted by Gasteiger charge is 2.25. The van der Waals surface area contributed by atoms with Crippen molar-refractivity contribution >= 4 is 52.4 Å². The minimum atomic E-state index is -1.66. The number of methoxy groups -OCH3 is 1. The molecule has 8 heteroatoms. The summed E-state index contributed by atoms with van der Waals surface area (Å²) in [6.45, 7) is -0.364. The molecule has 0 aliphatic rings. The van der Waals surface area contributed by atoms with Gasteiger partial charge in [0.15, 0.2) is 0 Å². The molecule has 0 bridgehead atoms. The molecule has 0 spiro atoms. The molecule has 0 aliphatic heterocycles. The van der Waals surface area contributed by atoms with E-state index in [0.29, 0.717) is 16.3 Å². The molecule has 0 unspecified atom stereocenters. The molecule has 2 N–H and O–H groups in total. The first kappa shape index (κ1) is 17.7. The number of para-hydroxylation sites is 1. The fourth-order valence-electron chi connectivity index (χ4n) is 1.52. The minimum Gasteiger partial charge on any atom is -0.495 e. The van der Waals surface area contributed by atoms with Crippen molar-refractivity contribution < 1.29 is 14.3 Å². The van der Waals surface area contributed by atoms with Crippen molar-refractivity contribution in [2.75, 3.05) is 13.7 Å². The number of benzene rings is 1. The van der Waals surface area contributed by atoms with Gasteiger partial charge in [0.05, 0.1) is 12.1 Å². The Morgan fingerprint density at radius 2 is 2.05 bits per heavy atom. The van der Waals surface area contributed by atoms with Crippen molar-refractivity contribution in [2.24, 2.45) is 5.73 Å². The Morgan fingerprint density at radius 3 is 2.60 bits per heavy atom. The van der Waals surface area contributed by atoms with Crippen LogP contribution >= 0.6 is 46.4 Å². The number of hydrogen-bond donors (Lipinski definition) is 1. The van der Waals surface area contributed by atoms with Crippen LogP contribution in [0.25, 0.3) is 0 Å². The van der Waals surface area contributed by atoms with Gasteiger partial charge >= 0.3 is 5.97 Å². The van der Waals surface area contributed by atoms with Gasteiger partial charge in [-0.25, -0.2) is 0 Å². The van der Waals surface area contributed by atoms with E-state index in [9.17, 15) is 4.79 Å². The molecular weight excluding hydrogens is 348 g/mol. The van der Waals surface area contributed by atoms with E-state index in [0.717, 1.165) is 0 Å². The molecule has 4 nitrogen and oxygen atoms in total. The molecule has 1 rings (SSSR count).